The number of esters is 1. The molecule has 5 heteroatoms. The second-order valence-electron chi connectivity index (χ2n) is 4.56. The predicted octanol–water partition coefficient (Wildman–Crippen LogP) is 2.48. The van der Waals surface area contributed by atoms with E-state index in [2.05, 4.69) is 4.98 Å². The number of ether oxygens (including phenoxy) is 1. The van der Waals surface area contributed by atoms with Crippen molar-refractivity contribution in [2.45, 2.75) is 44.9 Å². The molecule has 0 aliphatic heterocycles. The number of rotatable bonds is 7. The first kappa shape index (κ1) is 13.5. The number of nitrogens with zero attached hydrogens (tertiary/aromatic N) is 1. The molecule has 1 aromatic heterocycles. The van der Waals surface area contributed by atoms with Crippen LogP contribution >= 0.6 is 11.3 Å². The molecule has 0 saturated heterocycles. The lowest BCUT2D eigenvalue weighted by Gasteiger charge is -1.99. The van der Waals surface area contributed by atoms with Gasteiger partial charge < -0.3 is 10.5 Å². The Morgan fingerprint density at radius 3 is 2.89 bits per heavy atom. The largest absolute Gasteiger partial charge is 0.462 e. The van der Waals surface area contributed by atoms with Crippen LogP contribution in [-0.2, 0) is 11.2 Å². The molecule has 1 fully saturated rings. The molecular weight excluding hydrogens is 248 g/mol. The average Bonchev–Trinajstić information content (AvgIpc) is 3.11. The van der Waals surface area contributed by atoms with E-state index in [0.717, 1.165) is 47.7 Å². The Morgan fingerprint density at radius 1 is 1.50 bits per heavy atom. The predicted molar refractivity (Wildman–Crippen MR) is 72.0 cm³/mol. The van der Waals surface area contributed by atoms with Gasteiger partial charge in [0, 0.05) is 5.92 Å². The van der Waals surface area contributed by atoms with E-state index in [1.54, 1.807) is 0 Å². The van der Waals surface area contributed by atoms with Gasteiger partial charge in [0.1, 0.15) is 4.88 Å². The molecule has 1 aliphatic carbocycles. The van der Waals surface area contributed by atoms with Crippen molar-refractivity contribution in [2.75, 3.05) is 13.2 Å². The highest BCUT2D eigenvalue weighted by Gasteiger charge is 2.32. The topological polar surface area (TPSA) is 65.2 Å². The standard InChI is InChI=1S/C13H20N2O2S/c1-2-17-13(16)12-11(9-6-7-9)15-10(18-12)5-3-4-8-14/h9H,2-8,14H2,1H3. The summed E-state index contributed by atoms with van der Waals surface area (Å²) in [7, 11) is 0. The second kappa shape index (κ2) is 6.29. The third kappa shape index (κ3) is 3.29. The van der Waals surface area contributed by atoms with E-state index in [-0.39, 0.29) is 5.97 Å². The molecule has 0 atom stereocenters. The summed E-state index contributed by atoms with van der Waals surface area (Å²) in [6, 6.07) is 0. The fourth-order valence-corrected chi connectivity index (χ4v) is 2.97. The summed E-state index contributed by atoms with van der Waals surface area (Å²) in [5, 5.41) is 1.05. The molecule has 0 spiro atoms. The summed E-state index contributed by atoms with van der Waals surface area (Å²) in [6.45, 7) is 2.97. The molecule has 1 aliphatic rings. The molecule has 0 unspecified atom stereocenters. The number of carbonyl (C=O) groups excluding carboxylic acids is 1. The lowest BCUT2D eigenvalue weighted by molar-refractivity contribution is 0.0530. The minimum Gasteiger partial charge on any atom is -0.462 e. The van der Waals surface area contributed by atoms with Gasteiger partial charge in [-0.15, -0.1) is 11.3 Å². The van der Waals surface area contributed by atoms with Gasteiger partial charge in [0.15, 0.2) is 0 Å². The smallest absolute Gasteiger partial charge is 0.350 e. The molecular formula is C13H20N2O2S. The number of nitrogens with two attached hydrogens (primary N) is 1. The van der Waals surface area contributed by atoms with Crippen molar-refractivity contribution in [3.8, 4) is 0 Å². The molecule has 1 saturated carbocycles. The quantitative estimate of drug-likeness (QED) is 0.609. The van der Waals surface area contributed by atoms with E-state index < -0.39 is 0 Å². The number of hydrogen-bond donors (Lipinski definition) is 1. The summed E-state index contributed by atoms with van der Waals surface area (Å²) < 4.78 is 5.10. The van der Waals surface area contributed by atoms with Crippen molar-refractivity contribution in [1.82, 2.24) is 4.98 Å². The van der Waals surface area contributed by atoms with Crippen LogP contribution in [0.15, 0.2) is 0 Å². The first-order valence-electron chi connectivity index (χ1n) is 6.63. The van der Waals surface area contributed by atoms with E-state index in [1.807, 2.05) is 6.92 Å². The van der Waals surface area contributed by atoms with Crippen molar-refractivity contribution < 1.29 is 9.53 Å². The molecule has 0 amide bonds. The number of unbranched alkanes of at least 4 members (excludes halogenated alkanes) is 1. The third-order valence-electron chi connectivity index (χ3n) is 2.97. The molecule has 0 radical (unpaired) electrons. The summed E-state index contributed by atoms with van der Waals surface area (Å²) in [6.07, 6.45) is 5.27. The molecule has 2 N–H and O–H groups in total. The highest BCUT2D eigenvalue weighted by Crippen LogP contribution is 2.43. The molecule has 0 aromatic carbocycles. The van der Waals surface area contributed by atoms with Crippen LogP contribution in [0.5, 0.6) is 0 Å². The highest BCUT2D eigenvalue weighted by atomic mass is 32.1. The number of hydrogen-bond acceptors (Lipinski definition) is 5. The first-order valence-corrected chi connectivity index (χ1v) is 7.44. The third-order valence-corrected chi connectivity index (χ3v) is 4.08. The maximum absolute atomic E-state index is 11.9. The molecule has 1 heterocycles. The van der Waals surface area contributed by atoms with Crippen LogP contribution in [0.2, 0.25) is 0 Å². The highest BCUT2D eigenvalue weighted by molar-refractivity contribution is 7.13. The van der Waals surface area contributed by atoms with Gasteiger partial charge in [-0.25, -0.2) is 9.78 Å². The van der Waals surface area contributed by atoms with Crippen LogP contribution < -0.4 is 5.73 Å². The van der Waals surface area contributed by atoms with E-state index in [1.165, 1.54) is 11.3 Å². The fraction of sp³-hybridized carbons (Fsp3) is 0.692. The summed E-state index contributed by atoms with van der Waals surface area (Å²) in [5.41, 5.74) is 6.46. The molecule has 4 nitrogen and oxygen atoms in total. The molecule has 2 rings (SSSR count). The molecule has 100 valence electrons. The van der Waals surface area contributed by atoms with Crippen molar-refractivity contribution >= 4 is 17.3 Å². The summed E-state index contributed by atoms with van der Waals surface area (Å²) in [4.78, 5) is 17.2. The molecule has 0 bridgehead atoms. The monoisotopic (exact) mass is 268 g/mol. The minimum absolute atomic E-state index is 0.207. The zero-order valence-corrected chi connectivity index (χ0v) is 11.6. The first-order chi connectivity index (χ1) is 8.76. The van der Waals surface area contributed by atoms with Crippen molar-refractivity contribution in [3.05, 3.63) is 15.6 Å². The van der Waals surface area contributed by atoms with Crippen LogP contribution in [0.4, 0.5) is 0 Å². The SMILES string of the molecule is CCOC(=O)c1sc(CCCCN)nc1C1CC1. The Hall–Kier alpha value is -0.940. The second-order valence-corrected chi connectivity index (χ2v) is 5.65. The van der Waals surface area contributed by atoms with E-state index in [4.69, 9.17) is 10.5 Å². The van der Waals surface area contributed by atoms with Gasteiger partial charge in [-0.2, -0.15) is 0 Å². The Balaban J connectivity index is 2.08. The van der Waals surface area contributed by atoms with Crippen molar-refractivity contribution in [3.63, 3.8) is 0 Å². The average molecular weight is 268 g/mol. The van der Waals surface area contributed by atoms with Crippen molar-refractivity contribution in [1.29, 1.82) is 0 Å². The molecule has 1 aromatic rings. The van der Waals surface area contributed by atoms with Gasteiger partial charge in [-0.05, 0) is 45.6 Å². The van der Waals surface area contributed by atoms with E-state index in [0.29, 0.717) is 19.1 Å². The zero-order chi connectivity index (χ0) is 13.0. The van der Waals surface area contributed by atoms with Gasteiger partial charge in [0.25, 0.3) is 0 Å². The van der Waals surface area contributed by atoms with E-state index >= 15 is 0 Å². The zero-order valence-electron chi connectivity index (χ0n) is 10.8. The number of aromatic nitrogens is 1. The Labute approximate surface area is 112 Å². The van der Waals surface area contributed by atoms with Crippen LogP contribution in [0.3, 0.4) is 0 Å². The Bertz CT molecular complexity index is 413. The number of thiazole rings is 1. The van der Waals surface area contributed by atoms with Gasteiger partial charge in [-0.3, -0.25) is 0 Å². The normalized spacial score (nSPS) is 14.8. The Kier molecular flexibility index (Phi) is 4.72. The van der Waals surface area contributed by atoms with Crippen LogP contribution in [0.25, 0.3) is 0 Å². The van der Waals surface area contributed by atoms with Crippen LogP contribution in [0, 0.1) is 0 Å². The van der Waals surface area contributed by atoms with Gasteiger partial charge >= 0.3 is 5.97 Å². The van der Waals surface area contributed by atoms with E-state index in [9.17, 15) is 4.79 Å². The number of carbonyl (C=O) groups is 1. The van der Waals surface area contributed by atoms with Crippen LogP contribution in [0.1, 0.15) is 58.9 Å². The number of aryl methyl sites for hydroxylation is 1. The fourth-order valence-electron chi connectivity index (χ4n) is 1.88. The van der Waals surface area contributed by atoms with Crippen molar-refractivity contribution in [2.24, 2.45) is 5.73 Å². The van der Waals surface area contributed by atoms with Gasteiger partial charge in [0.2, 0.25) is 0 Å². The van der Waals surface area contributed by atoms with Gasteiger partial charge in [0.05, 0.1) is 17.3 Å². The summed E-state index contributed by atoms with van der Waals surface area (Å²) >= 11 is 1.50. The maximum Gasteiger partial charge on any atom is 0.350 e. The minimum atomic E-state index is -0.207. The lowest BCUT2D eigenvalue weighted by Crippen LogP contribution is -2.05. The summed E-state index contributed by atoms with van der Waals surface area (Å²) in [5.74, 6) is 0.283. The van der Waals surface area contributed by atoms with Crippen LogP contribution in [-0.4, -0.2) is 24.1 Å². The lowest BCUT2D eigenvalue weighted by atomic mass is 10.2. The van der Waals surface area contributed by atoms with Gasteiger partial charge in [-0.1, -0.05) is 0 Å². The maximum atomic E-state index is 11.9. The molecule has 18 heavy (non-hydrogen) atoms. The Morgan fingerprint density at radius 2 is 2.28 bits per heavy atom.